The van der Waals surface area contributed by atoms with Crippen LogP contribution in [0, 0.1) is 0 Å². The molecule has 0 bridgehead atoms. The molecule has 6 rings (SSSR count). The minimum absolute atomic E-state index is 0.948. The minimum atomic E-state index is 0.948. The summed E-state index contributed by atoms with van der Waals surface area (Å²) in [4.78, 5) is 12.4. The Morgan fingerprint density at radius 1 is 0.920 bits per heavy atom. The number of aromatic amines is 1. The highest BCUT2D eigenvalue weighted by Crippen LogP contribution is 2.38. The number of pyridine rings is 1. The normalized spacial score (nSPS) is 13.9. The highest BCUT2D eigenvalue weighted by atomic mass is 14.9. The van der Waals surface area contributed by atoms with Gasteiger partial charge in [-0.3, -0.25) is 0 Å². The van der Waals surface area contributed by atoms with E-state index < -0.39 is 0 Å². The average Bonchev–Trinajstić information content (AvgIpc) is 3.16. The summed E-state index contributed by atoms with van der Waals surface area (Å²) < 4.78 is 0. The van der Waals surface area contributed by atoms with Crippen molar-refractivity contribution in [3.63, 3.8) is 0 Å². The summed E-state index contributed by atoms with van der Waals surface area (Å²) in [5.41, 5.74) is 5.77. The molecule has 0 fully saturated rings. The number of H-pyrrole nitrogens is 1. The van der Waals surface area contributed by atoms with E-state index >= 15 is 0 Å². The van der Waals surface area contributed by atoms with Crippen LogP contribution in [0.1, 0.15) is 17.5 Å². The summed E-state index contributed by atoms with van der Waals surface area (Å²) >= 11 is 0. The van der Waals surface area contributed by atoms with Gasteiger partial charge in [0, 0.05) is 22.4 Å². The van der Waals surface area contributed by atoms with E-state index in [0.717, 1.165) is 29.4 Å². The van der Waals surface area contributed by atoms with E-state index in [4.69, 9.17) is 0 Å². The van der Waals surface area contributed by atoms with Crippen LogP contribution in [0.5, 0.6) is 0 Å². The number of benzene rings is 3. The van der Waals surface area contributed by atoms with Crippen LogP contribution in [0.15, 0.2) is 55.0 Å². The Hall–Kier alpha value is -3.20. The van der Waals surface area contributed by atoms with E-state index in [1.54, 1.807) is 6.33 Å². The average molecular weight is 321 g/mol. The van der Waals surface area contributed by atoms with Crippen LogP contribution in [0.3, 0.4) is 0 Å². The molecule has 1 aliphatic rings. The first-order valence-corrected chi connectivity index (χ1v) is 8.66. The lowest BCUT2D eigenvalue weighted by molar-refractivity contribution is 0.989. The minimum Gasteiger partial charge on any atom is -0.359 e. The summed E-state index contributed by atoms with van der Waals surface area (Å²) in [6.07, 6.45) is 10.4. The molecule has 0 radical (unpaired) electrons. The molecule has 0 amide bonds. The maximum absolute atomic E-state index is 4.55. The largest absolute Gasteiger partial charge is 0.359 e. The first kappa shape index (κ1) is 13.1. The van der Waals surface area contributed by atoms with Crippen LogP contribution < -0.4 is 0 Å². The van der Waals surface area contributed by atoms with Crippen molar-refractivity contribution in [1.82, 2.24) is 15.0 Å². The fraction of sp³-hybridized carbons (Fsp3) is 0.0909. The lowest BCUT2D eigenvalue weighted by atomic mass is 9.90. The Morgan fingerprint density at radius 2 is 1.88 bits per heavy atom. The van der Waals surface area contributed by atoms with Crippen molar-refractivity contribution in [3.05, 3.63) is 66.1 Å². The Labute approximate surface area is 144 Å². The molecule has 0 aliphatic heterocycles. The van der Waals surface area contributed by atoms with Gasteiger partial charge in [-0.15, -0.1) is 0 Å². The first-order valence-electron chi connectivity index (χ1n) is 8.66. The monoisotopic (exact) mass is 321 g/mol. The van der Waals surface area contributed by atoms with Crippen molar-refractivity contribution < 1.29 is 0 Å². The number of hydrogen-bond acceptors (Lipinski definition) is 2. The van der Waals surface area contributed by atoms with Crippen molar-refractivity contribution in [2.75, 3.05) is 0 Å². The first-order chi connectivity index (χ1) is 12.4. The Bertz CT molecular complexity index is 1340. The van der Waals surface area contributed by atoms with Crippen LogP contribution in [0.25, 0.3) is 49.6 Å². The van der Waals surface area contributed by atoms with Crippen LogP contribution in [0.2, 0.25) is 0 Å². The molecule has 0 atom stereocenters. The maximum Gasteiger partial charge on any atom is 0.117 e. The topological polar surface area (TPSA) is 41.6 Å². The van der Waals surface area contributed by atoms with Gasteiger partial charge in [0.1, 0.15) is 17.4 Å². The summed E-state index contributed by atoms with van der Waals surface area (Å²) in [6.45, 7) is 0. The number of imidazole rings is 1. The van der Waals surface area contributed by atoms with Crippen molar-refractivity contribution in [1.29, 1.82) is 0 Å². The Kier molecular flexibility index (Phi) is 2.45. The lowest BCUT2D eigenvalue weighted by Crippen LogP contribution is -1.95. The standard InChI is InChI=1S/C22H15N3/c1-2-5-14-11-18-15(10-13(14)4-1)7-8-17-19(18)16-6-3-9-23-20(16)22-21(17)24-12-25-22/h1,3-4,6-12,23H,2,5H2. The third-order valence-electron chi connectivity index (χ3n) is 5.37. The SMILES string of the molecule is C1=Cc2cc3ccc4c5ncnc5c5[nH]cccc5c4c3cc2CC1. The molecular formula is C22H15N3. The number of aryl methyl sites for hydroxylation is 1. The van der Waals surface area contributed by atoms with Gasteiger partial charge in [-0.1, -0.05) is 30.4 Å². The van der Waals surface area contributed by atoms with Gasteiger partial charge in [-0.2, -0.15) is 0 Å². The van der Waals surface area contributed by atoms with Crippen molar-refractivity contribution in [3.8, 4) is 0 Å². The molecule has 25 heavy (non-hydrogen) atoms. The van der Waals surface area contributed by atoms with E-state index in [2.05, 4.69) is 63.5 Å². The highest BCUT2D eigenvalue weighted by molar-refractivity contribution is 6.29. The number of rotatable bonds is 0. The second kappa shape index (κ2) is 4.67. The van der Waals surface area contributed by atoms with Crippen LogP contribution in [-0.4, -0.2) is 15.0 Å². The van der Waals surface area contributed by atoms with Gasteiger partial charge < -0.3 is 4.98 Å². The van der Waals surface area contributed by atoms with Crippen LogP contribution in [-0.2, 0) is 6.42 Å². The zero-order chi connectivity index (χ0) is 16.4. The molecule has 0 unspecified atom stereocenters. The molecule has 3 aromatic carbocycles. The molecular weight excluding hydrogens is 306 g/mol. The molecule has 1 aliphatic carbocycles. The predicted molar refractivity (Wildman–Crippen MR) is 104 cm³/mol. The maximum atomic E-state index is 4.55. The van der Waals surface area contributed by atoms with E-state index in [1.165, 1.54) is 38.1 Å². The quantitative estimate of drug-likeness (QED) is 0.389. The van der Waals surface area contributed by atoms with E-state index in [-0.39, 0.29) is 0 Å². The second-order valence-electron chi connectivity index (χ2n) is 6.73. The van der Waals surface area contributed by atoms with Gasteiger partial charge in [0.05, 0.1) is 5.52 Å². The number of nitrogens with zero attached hydrogens (tertiary/aromatic N) is 2. The molecule has 2 heterocycles. The summed E-state index contributed by atoms with van der Waals surface area (Å²) in [5, 5.41) is 6.25. The van der Waals surface area contributed by atoms with E-state index in [0.29, 0.717) is 0 Å². The highest BCUT2D eigenvalue weighted by Gasteiger charge is 2.15. The molecule has 3 nitrogen and oxygen atoms in total. The van der Waals surface area contributed by atoms with Crippen LogP contribution >= 0.6 is 0 Å². The van der Waals surface area contributed by atoms with Gasteiger partial charge in [-0.25, -0.2) is 9.97 Å². The van der Waals surface area contributed by atoms with Gasteiger partial charge in [-0.05, 0) is 52.9 Å². The lowest BCUT2D eigenvalue weighted by Gasteiger charge is -2.14. The number of hydrogen-bond donors (Lipinski definition) is 1. The van der Waals surface area contributed by atoms with Gasteiger partial charge in [0.2, 0.25) is 0 Å². The Morgan fingerprint density at radius 3 is 2.88 bits per heavy atom. The van der Waals surface area contributed by atoms with Gasteiger partial charge >= 0.3 is 0 Å². The van der Waals surface area contributed by atoms with Crippen molar-refractivity contribution >= 4 is 49.6 Å². The van der Waals surface area contributed by atoms with Gasteiger partial charge in [0.15, 0.2) is 0 Å². The van der Waals surface area contributed by atoms with Gasteiger partial charge in [0.25, 0.3) is 0 Å². The molecule has 0 spiro atoms. The van der Waals surface area contributed by atoms with Crippen molar-refractivity contribution in [2.24, 2.45) is 0 Å². The zero-order valence-electron chi connectivity index (χ0n) is 13.6. The van der Waals surface area contributed by atoms with Crippen LogP contribution in [0.4, 0.5) is 0 Å². The molecule has 5 aromatic rings. The van der Waals surface area contributed by atoms with E-state index in [1.807, 2.05) is 6.20 Å². The molecule has 0 saturated carbocycles. The summed E-state index contributed by atoms with van der Waals surface area (Å²) in [6, 6.07) is 13.3. The van der Waals surface area contributed by atoms with Crippen molar-refractivity contribution in [2.45, 2.75) is 12.8 Å². The third kappa shape index (κ3) is 1.70. The molecule has 3 heteroatoms. The second-order valence-corrected chi connectivity index (χ2v) is 6.73. The smallest absolute Gasteiger partial charge is 0.117 e. The summed E-state index contributed by atoms with van der Waals surface area (Å²) in [7, 11) is 0. The zero-order valence-corrected chi connectivity index (χ0v) is 13.6. The fourth-order valence-electron chi connectivity index (χ4n) is 4.23. The Balaban J connectivity index is 1.92. The molecule has 2 aromatic heterocycles. The van der Waals surface area contributed by atoms with E-state index in [9.17, 15) is 0 Å². The molecule has 118 valence electrons. The predicted octanol–water partition coefficient (Wildman–Crippen LogP) is 5.38. The summed E-state index contributed by atoms with van der Waals surface area (Å²) in [5.74, 6) is 0. The molecule has 0 saturated heterocycles. The number of aromatic nitrogens is 3. The number of fused-ring (bicyclic) bond motifs is 9. The fourth-order valence-corrected chi connectivity index (χ4v) is 4.23. The third-order valence-corrected chi connectivity index (χ3v) is 5.37. The number of nitrogens with one attached hydrogen (secondary N) is 1. The number of allylic oxidation sites excluding steroid dienone is 1. The molecule has 1 N–H and O–H groups in total.